The van der Waals surface area contributed by atoms with E-state index >= 15 is 0 Å². The molecule has 0 saturated heterocycles. The summed E-state index contributed by atoms with van der Waals surface area (Å²) in [6.45, 7) is 2.43. The molecule has 0 bridgehead atoms. The zero-order chi connectivity index (χ0) is 17.5. The second-order valence-electron chi connectivity index (χ2n) is 5.18. The average Bonchev–Trinajstić information content (AvgIpc) is 2.64. The quantitative estimate of drug-likeness (QED) is 0.720. The maximum Gasteiger partial charge on any atom is 0.255 e. The highest BCUT2D eigenvalue weighted by Gasteiger charge is 2.11. The number of carbonyl (C=O) groups excluding carboxylic acids is 1. The number of rotatable bonds is 6. The Hall–Kier alpha value is -3.34. The van der Waals surface area contributed by atoms with Gasteiger partial charge in [0.1, 0.15) is 11.5 Å². The van der Waals surface area contributed by atoms with Crippen LogP contribution in [0.1, 0.15) is 17.3 Å². The fraction of sp³-hybridized carbons (Fsp3) is 0.100. The average molecular weight is 334 g/mol. The van der Waals surface area contributed by atoms with Gasteiger partial charge in [-0.25, -0.2) is 4.98 Å². The maximum absolute atomic E-state index is 12.5. The third kappa shape index (κ3) is 4.35. The molecule has 0 aliphatic heterocycles. The molecule has 0 aliphatic carbocycles. The third-order valence-electron chi connectivity index (χ3n) is 3.39. The first kappa shape index (κ1) is 16.5. The Morgan fingerprint density at radius 1 is 1.04 bits per heavy atom. The van der Waals surface area contributed by atoms with Crippen molar-refractivity contribution in [1.29, 1.82) is 0 Å². The number of hydrogen-bond donors (Lipinski definition) is 1. The number of hydrogen-bond acceptors (Lipinski definition) is 4. The van der Waals surface area contributed by atoms with Gasteiger partial charge in [0.2, 0.25) is 5.88 Å². The molecule has 0 spiro atoms. The number of nitrogens with one attached hydrogen (secondary N) is 1. The SMILES string of the molecule is CCOc1ccccc1NC(=O)c1cccc(Oc2ccccn2)c1. The van der Waals surface area contributed by atoms with Gasteiger partial charge in [0.25, 0.3) is 5.91 Å². The van der Waals surface area contributed by atoms with Gasteiger partial charge in [-0.15, -0.1) is 0 Å². The summed E-state index contributed by atoms with van der Waals surface area (Å²) in [6.07, 6.45) is 1.65. The lowest BCUT2D eigenvalue weighted by Gasteiger charge is -2.12. The van der Waals surface area contributed by atoms with E-state index in [0.29, 0.717) is 35.2 Å². The molecule has 1 amide bonds. The van der Waals surface area contributed by atoms with E-state index in [4.69, 9.17) is 9.47 Å². The fourth-order valence-corrected chi connectivity index (χ4v) is 2.27. The molecule has 5 nitrogen and oxygen atoms in total. The molecule has 0 radical (unpaired) electrons. The van der Waals surface area contributed by atoms with Crippen molar-refractivity contribution in [2.24, 2.45) is 0 Å². The van der Waals surface area contributed by atoms with E-state index in [9.17, 15) is 4.79 Å². The Kier molecular flexibility index (Phi) is 5.26. The molecule has 25 heavy (non-hydrogen) atoms. The number of para-hydroxylation sites is 2. The number of aromatic nitrogens is 1. The smallest absolute Gasteiger partial charge is 0.255 e. The summed E-state index contributed by atoms with van der Waals surface area (Å²) in [4.78, 5) is 16.6. The summed E-state index contributed by atoms with van der Waals surface area (Å²) >= 11 is 0. The molecule has 0 aliphatic rings. The Bertz CT molecular complexity index is 850. The largest absolute Gasteiger partial charge is 0.492 e. The lowest BCUT2D eigenvalue weighted by molar-refractivity contribution is 0.102. The van der Waals surface area contributed by atoms with Crippen molar-refractivity contribution in [3.8, 4) is 17.4 Å². The van der Waals surface area contributed by atoms with E-state index in [1.54, 1.807) is 42.6 Å². The van der Waals surface area contributed by atoms with Crippen molar-refractivity contribution in [2.75, 3.05) is 11.9 Å². The zero-order valence-electron chi connectivity index (χ0n) is 13.8. The maximum atomic E-state index is 12.5. The molecule has 0 fully saturated rings. The van der Waals surface area contributed by atoms with E-state index < -0.39 is 0 Å². The van der Waals surface area contributed by atoms with E-state index in [1.807, 2.05) is 37.3 Å². The van der Waals surface area contributed by atoms with Crippen LogP contribution in [0, 0.1) is 0 Å². The lowest BCUT2D eigenvalue weighted by Crippen LogP contribution is -2.13. The first-order valence-electron chi connectivity index (χ1n) is 7.98. The van der Waals surface area contributed by atoms with Crippen molar-refractivity contribution in [2.45, 2.75) is 6.92 Å². The van der Waals surface area contributed by atoms with Crippen LogP contribution in [0.25, 0.3) is 0 Å². The number of pyridine rings is 1. The van der Waals surface area contributed by atoms with Gasteiger partial charge in [-0.3, -0.25) is 4.79 Å². The van der Waals surface area contributed by atoms with Crippen LogP contribution in [-0.2, 0) is 0 Å². The number of amides is 1. The number of benzene rings is 2. The summed E-state index contributed by atoms with van der Waals surface area (Å²) < 4.78 is 11.2. The van der Waals surface area contributed by atoms with Crippen LogP contribution in [-0.4, -0.2) is 17.5 Å². The van der Waals surface area contributed by atoms with Crippen molar-refractivity contribution in [3.05, 3.63) is 78.5 Å². The molecule has 0 unspecified atom stereocenters. The van der Waals surface area contributed by atoms with Crippen LogP contribution >= 0.6 is 0 Å². The minimum Gasteiger partial charge on any atom is -0.492 e. The molecule has 3 aromatic rings. The van der Waals surface area contributed by atoms with Gasteiger partial charge in [0.15, 0.2) is 0 Å². The molecular weight excluding hydrogens is 316 g/mol. The van der Waals surface area contributed by atoms with Crippen LogP contribution in [0.2, 0.25) is 0 Å². The minimum absolute atomic E-state index is 0.237. The number of ether oxygens (including phenoxy) is 2. The second kappa shape index (κ2) is 7.97. The highest BCUT2D eigenvalue weighted by molar-refractivity contribution is 6.05. The van der Waals surface area contributed by atoms with Gasteiger partial charge in [0, 0.05) is 17.8 Å². The van der Waals surface area contributed by atoms with Gasteiger partial charge in [-0.2, -0.15) is 0 Å². The molecule has 1 heterocycles. The normalized spacial score (nSPS) is 10.1. The summed E-state index contributed by atoms with van der Waals surface area (Å²) in [5, 5.41) is 2.87. The third-order valence-corrected chi connectivity index (χ3v) is 3.39. The van der Waals surface area contributed by atoms with Crippen LogP contribution in [0.15, 0.2) is 72.9 Å². The fourth-order valence-electron chi connectivity index (χ4n) is 2.27. The Labute approximate surface area is 146 Å². The monoisotopic (exact) mass is 334 g/mol. The molecule has 0 atom stereocenters. The number of nitrogens with zero attached hydrogens (tertiary/aromatic N) is 1. The van der Waals surface area contributed by atoms with E-state index in [2.05, 4.69) is 10.3 Å². The van der Waals surface area contributed by atoms with Gasteiger partial charge < -0.3 is 14.8 Å². The second-order valence-corrected chi connectivity index (χ2v) is 5.18. The van der Waals surface area contributed by atoms with Gasteiger partial charge in [-0.1, -0.05) is 24.3 Å². The zero-order valence-corrected chi connectivity index (χ0v) is 13.8. The van der Waals surface area contributed by atoms with Gasteiger partial charge >= 0.3 is 0 Å². The molecule has 0 saturated carbocycles. The summed E-state index contributed by atoms with van der Waals surface area (Å²) in [7, 11) is 0. The summed E-state index contributed by atoms with van der Waals surface area (Å²) in [6, 6.07) is 19.7. The minimum atomic E-state index is -0.237. The topological polar surface area (TPSA) is 60.5 Å². The summed E-state index contributed by atoms with van der Waals surface area (Å²) in [5.74, 6) is 1.42. The van der Waals surface area contributed by atoms with E-state index in [-0.39, 0.29) is 5.91 Å². The predicted molar refractivity (Wildman–Crippen MR) is 96.3 cm³/mol. The first-order chi connectivity index (χ1) is 12.3. The molecule has 1 aromatic heterocycles. The number of anilines is 1. The van der Waals surface area contributed by atoms with Crippen molar-refractivity contribution in [3.63, 3.8) is 0 Å². The molecular formula is C20H18N2O3. The van der Waals surface area contributed by atoms with Crippen molar-refractivity contribution in [1.82, 2.24) is 4.98 Å². The van der Waals surface area contributed by atoms with Crippen LogP contribution in [0.5, 0.6) is 17.4 Å². The Balaban J connectivity index is 1.76. The highest BCUT2D eigenvalue weighted by atomic mass is 16.5. The van der Waals surface area contributed by atoms with Crippen molar-refractivity contribution < 1.29 is 14.3 Å². The standard InChI is InChI=1S/C20H18N2O3/c1-2-24-18-11-4-3-10-17(18)22-20(23)15-8-7-9-16(14-15)25-19-12-5-6-13-21-19/h3-14H,2H2,1H3,(H,22,23). The van der Waals surface area contributed by atoms with Gasteiger partial charge in [0.05, 0.1) is 12.3 Å². The Morgan fingerprint density at radius 2 is 1.88 bits per heavy atom. The highest BCUT2D eigenvalue weighted by Crippen LogP contribution is 2.25. The first-order valence-corrected chi connectivity index (χ1v) is 7.98. The summed E-state index contributed by atoms with van der Waals surface area (Å²) in [5.41, 5.74) is 1.12. The molecule has 1 N–H and O–H groups in total. The van der Waals surface area contributed by atoms with E-state index in [1.165, 1.54) is 0 Å². The van der Waals surface area contributed by atoms with Crippen molar-refractivity contribution >= 4 is 11.6 Å². The number of carbonyl (C=O) groups is 1. The van der Waals surface area contributed by atoms with Crippen LogP contribution in [0.3, 0.4) is 0 Å². The molecule has 5 heteroatoms. The molecule has 3 rings (SSSR count). The van der Waals surface area contributed by atoms with E-state index in [0.717, 1.165) is 0 Å². The predicted octanol–water partition coefficient (Wildman–Crippen LogP) is 4.52. The van der Waals surface area contributed by atoms with Crippen LogP contribution in [0.4, 0.5) is 5.69 Å². The lowest BCUT2D eigenvalue weighted by atomic mass is 10.2. The Morgan fingerprint density at radius 3 is 2.68 bits per heavy atom. The van der Waals surface area contributed by atoms with Crippen LogP contribution < -0.4 is 14.8 Å². The van der Waals surface area contributed by atoms with Gasteiger partial charge in [-0.05, 0) is 43.3 Å². The molecule has 2 aromatic carbocycles. The molecule has 126 valence electrons.